The molecule has 21 heavy (non-hydrogen) atoms. The van der Waals surface area contributed by atoms with Crippen LogP contribution in [-0.4, -0.2) is 41.9 Å². The van der Waals surface area contributed by atoms with Crippen LogP contribution in [0.5, 0.6) is 0 Å². The summed E-state index contributed by atoms with van der Waals surface area (Å²) in [6.45, 7) is 4.52. The van der Waals surface area contributed by atoms with Gasteiger partial charge in [0.2, 0.25) is 0 Å². The summed E-state index contributed by atoms with van der Waals surface area (Å²) in [7, 11) is 0. The van der Waals surface area contributed by atoms with Gasteiger partial charge >= 0.3 is 0 Å². The van der Waals surface area contributed by atoms with E-state index in [2.05, 4.69) is 11.0 Å². The molecular formula is C15H17ClN2OS2. The van der Waals surface area contributed by atoms with Crippen molar-refractivity contribution in [3.8, 4) is 0 Å². The van der Waals surface area contributed by atoms with Crippen LogP contribution in [0.3, 0.4) is 0 Å². The minimum atomic E-state index is 0.164. The van der Waals surface area contributed by atoms with Gasteiger partial charge in [-0.05, 0) is 30.0 Å². The molecule has 2 aromatic heterocycles. The summed E-state index contributed by atoms with van der Waals surface area (Å²) in [5.74, 6) is 0.164. The van der Waals surface area contributed by atoms with Crippen LogP contribution in [-0.2, 0) is 6.54 Å². The van der Waals surface area contributed by atoms with E-state index in [9.17, 15) is 4.79 Å². The van der Waals surface area contributed by atoms with E-state index in [1.54, 1.807) is 22.7 Å². The van der Waals surface area contributed by atoms with Crippen molar-refractivity contribution in [2.45, 2.75) is 13.0 Å². The van der Waals surface area contributed by atoms with Crippen molar-refractivity contribution < 1.29 is 4.79 Å². The van der Waals surface area contributed by atoms with E-state index in [0.717, 1.165) is 49.0 Å². The number of halogens is 1. The van der Waals surface area contributed by atoms with Gasteiger partial charge in [-0.1, -0.05) is 11.6 Å². The Morgan fingerprint density at radius 3 is 2.81 bits per heavy atom. The van der Waals surface area contributed by atoms with Crippen LogP contribution >= 0.6 is 34.3 Å². The molecule has 112 valence electrons. The van der Waals surface area contributed by atoms with Gasteiger partial charge in [0.25, 0.3) is 5.91 Å². The van der Waals surface area contributed by atoms with E-state index in [-0.39, 0.29) is 5.91 Å². The standard InChI is InChI=1S/C15H17ClN2OS2/c16-14-3-2-13(21-14)10-17-5-1-6-18(8-7-17)15(19)12-4-9-20-11-12/h2-4,9,11H,1,5-8,10H2. The normalized spacial score (nSPS) is 16.9. The Bertz CT molecular complexity index is 597. The number of hydrogen-bond acceptors (Lipinski definition) is 4. The van der Waals surface area contributed by atoms with Crippen molar-refractivity contribution in [3.05, 3.63) is 43.7 Å². The van der Waals surface area contributed by atoms with Gasteiger partial charge in [-0.25, -0.2) is 0 Å². The molecule has 0 aliphatic carbocycles. The van der Waals surface area contributed by atoms with E-state index in [4.69, 9.17) is 11.6 Å². The average Bonchev–Trinajstić information content (AvgIpc) is 3.08. The van der Waals surface area contributed by atoms with Crippen LogP contribution in [0, 0.1) is 0 Å². The topological polar surface area (TPSA) is 23.6 Å². The molecule has 0 bridgehead atoms. The van der Waals surface area contributed by atoms with Gasteiger partial charge in [-0.15, -0.1) is 11.3 Å². The number of carbonyl (C=O) groups excluding carboxylic acids is 1. The molecule has 1 saturated heterocycles. The molecule has 3 heterocycles. The maximum absolute atomic E-state index is 12.4. The SMILES string of the molecule is O=C(c1ccsc1)N1CCCN(Cc2ccc(Cl)s2)CC1. The first-order chi connectivity index (χ1) is 10.2. The van der Waals surface area contributed by atoms with E-state index in [0.29, 0.717) is 0 Å². The van der Waals surface area contributed by atoms with E-state index < -0.39 is 0 Å². The van der Waals surface area contributed by atoms with Crippen molar-refractivity contribution in [1.29, 1.82) is 0 Å². The van der Waals surface area contributed by atoms with E-state index >= 15 is 0 Å². The fourth-order valence-corrected chi connectivity index (χ4v) is 4.32. The number of carbonyl (C=O) groups is 1. The second-order valence-corrected chi connectivity index (χ2v) is 7.72. The second-order valence-electron chi connectivity index (χ2n) is 5.14. The molecular weight excluding hydrogens is 324 g/mol. The Morgan fingerprint density at radius 1 is 1.19 bits per heavy atom. The summed E-state index contributed by atoms with van der Waals surface area (Å²) in [5, 5.41) is 3.89. The van der Waals surface area contributed by atoms with Crippen molar-refractivity contribution in [2.24, 2.45) is 0 Å². The quantitative estimate of drug-likeness (QED) is 0.848. The molecule has 0 saturated carbocycles. The minimum Gasteiger partial charge on any atom is -0.337 e. The number of amides is 1. The Balaban J connectivity index is 1.58. The lowest BCUT2D eigenvalue weighted by atomic mass is 10.3. The number of hydrogen-bond donors (Lipinski definition) is 0. The first-order valence-corrected chi connectivity index (χ1v) is 9.14. The summed E-state index contributed by atoms with van der Waals surface area (Å²) in [6, 6.07) is 5.95. The largest absolute Gasteiger partial charge is 0.337 e. The third-order valence-electron chi connectivity index (χ3n) is 3.65. The van der Waals surface area contributed by atoms with Gasteiger partial charge in [0.1, 0.15) is 0 Å². The molecule has 3 rings (SSSR count). The maximum Gasteiger partial charge on any atom is 0.254 e. The summed E-state index contributed by atoms with van der Waals surface area (Å²) >= 11 is 9.19. The molecule has 1 fully saturated rings. The van der Waals surface area contributed by atoms with Gasteiger partial charge in [0.05, 0.1) is 9.90 Å². The number of rotatable bonds is 3. The lowest BCUT2D eigenvalue weighted by Crippen LogP contribution is -2.34. The predicted molar refractivity (Wildman–Crippen MR) is 89.4 cm³/mol. The van der Waals surface area contributed by atoms with Gasteiger partial charge in [0.15, 0.2) is 0 Å². The zero-order valence-electron chi connectivity index (χ0n) is 11.6. The van der Waals surface area contributed by atoms with E-state index in [1.807, 2.05) is 27.8 Å². The van der Waals surface area contributed by atoms with Gasteiger partial charge in [0, 0.05) is 43.0 Å². The maximum atomic E-state index is 12.4. The Labute approximate surface area is 137 Å². The van der Waals surface area contributed by atoms with Crippen molar-refractivity contribution >= 4 is 40.2 Å². The Kier molecular flexibility index (Phi) is 4.95. The molecule has 1 aliphatic rings. The molecule has 3 nitrogen and oxygen atoms in total. The average molecular weight is 341 g/mol. The van der Waals surface area contributed by atoms with Gasteiger partial charge in [-0.2, -0.15) is 11.3 Å². The highest BCUT2D eigenvalue weighted by Gasteiger charge is 2.20. The molecule has 0 N–H and O–H groups in total. The van der Waals surface area contributed by atoms with Crippen LogP contribution < -0.4 is 0 Å². The first-order valence-electron chi connectivity index (χ1n) is 7.00. The van der Waals surface area contributed by atoms with Crippen LogP contribution in [0.2, 0.25) is 4.34 Å². The third kappa shape index (κ3) is 3.86. The van der Waals surface area contributed by atoms with Gasteiger partial charge in [-0.3, -0.25) is 9.69 Å². The number of nitrogens with zero attached hydrogens (tertiary/aromatic N) is 2. The van der Waals surface area contributed by atoms with Crippen LogP contribution in [0.4, 0.5) is 0 Å². The molecule has 0 aromatic carbocycles. The smallest absolute Gasteiger partial charge is 0.254 e. The van der Waals surface area contributed by atoms with Crippen molar-refractivity contribution in [2.75, 3.05) is 26.2 Å². The van der Waals surface area contributed by atoms with Crippen LogP contribution in [0.25, 0.3) is 0 Å². The predicted octanol–water partition coefficient (Wildman–Crippen LogP) is 3.81. The highest BCUT2D eigenvalue weighted by molar-refractivity contribution is 7.16. The fourth-order valence-electron chi connectivity index (χ4n) is 2.56. The van der Waals surface area contributed by atoms with Crippen molar-refractivity contribution in [3.63, 3.8) is 0 Å². The van der Waals surface area contributed by atoms with E-state index in [1.165, 1.54) is 4.88 Å². The second kappa shape index (κ2) is 6.92. The Hall–Kier alpha value is -0.880. The zero-order valence-corrected chi connectivity index (χ0v) is 14.0. The molecule has 1 aliphatic heterocycles. The monoisotopic (exact) mass is 340 g/mol. The van der Waals surface area contributed by atoms with Crippen LogP contribution in [0.15, 0.2) is 29.0 Å². The first kappa shape index (κ1) is 15.0. The van der Waals surface area contributed by atoms with Gasteiger partial charge < -0.3 is 4.90 Å². The van der Waals surface area contributed by atoms with Crippen molar-refractivity contribution in [1.82, 2.24) is 9.80 Å². The molecule has 0 atom stereocenters. The molecule has 1 amide bonds. The Morgan fingerprint density at radius 2 is 2.10 bits per heavy atom. The molecule has 2 aromatic rings. The molecule has 6 heteroatoms. The fraction of sp³-hybridized carbons (Fsp3) is 0.400. The number of thiophene rings is 2. The summed E-state index contributed by atoms with van der Waals surface area (Å²) in [4.78, 5) is 18.1. The minimum absolute atomic E-state index is 0.164. The van der Waals surface area contributed by atoms with Crippen LogP contribution in [0.1, 0.15) is 21.7 Å². The third-order valence-corrected chi connectivity index (χ3v) is 5.55. The summed E-state index contributed by atoms with van der Waals surface area (Å²) in [5.41, 5.74) is 0.818. The molecule has 0 unspecified atom stereocenters. The highest BCUT2D eigenvalue weighted by atomic mass is 35.5. The molecule has 0 spiro atoms. The lowest BCUT2D eigenvalue weighted by Gasteiger charge is -2.21. The molecule has 0 radical (unpaired) electrons. The zero-order chi connectivity index (χ0) is 14.7. The lowest BCUT2D eigenvalue weighted by molar-refractivity contribution is 0.0761. The summed E-state index contributed by atoms with van der Waals surface area (Å²) in [6.07, 6.45) is 1.02. The highest BCUT2D eigenvalue weighted by Crippen LogP contribution is 2.23. The summed E-state index contributed by atoms with van der Waals surface area (Å²) < 4.78 is 0.842.